The summed E-state index contributed by atoms with van der Waals surface area (Å²) in [7, 11) is 0. The van der Waals surface area contributed by atoms with Gasteiger partial charge in [-0.25, -0.2) is 0 Å². The highest BCUT2D eigenvalue weighted by Gasteiger charge is 2.18. The normalized spacial score (nSPS) is 21.5. The quantitative estimate of drug-likeness (QED) is 0.888. The van der Waals surface area contributed by atoms with Crippen LogP contribution >= 0.6 is 27.7 Å². The number of hydrogen-bond donors (Lipinski definition) is 1. The molecule has 2 nitrogen and oxygen atoms in total. The van der Waals surface area contributed by atoms with Crippen LogP contribution in [-0.4, -0.2) is 30.6 Å². The number of nitrogens with one attached hydrogen (secondary N) is 1. The molecule has 2 rings (SSSR count). The van der Waals surface area contributed by atoms with E-state index in [4.69, 9.17) is 0 Å². The largest absolute Gasteiger partial charge is 0.370 e. The zero-order valence-corrected chi connectivity index (χ0v) is 14.4. The Bertz CT molecular complexity index is 425. The Morgan fingerprint density at radius 3 is 2.95 bits per heavy atom. The molecular formula is C15H23BrN2S. The van der Waals surface area contributed by atoms with Gasteiger partial charge < -0.3 is 10.2 Å². The highest BCUT2D eigenvalue weighted by molar-refractivity contribution is 9.10. The summed E-state index contributed by atoms with van der Waals surface area (Å²) in [4.78, 5) is 2.49. The third-order valence-corrected chi connectivity index (χ3v) is 5.39. The van der Waals surface area contributed by atoms with Gasteiger partial charge in [0.1, 0.15) is 0 Å². The summed E-state index contributed by atoms with van der Waals surface area (Å²) in [5.74, 6) is 1.23. The monoisotopic (exact) mass is 342 g/mol. The standard InChI is InChI=1S/C15H23BrN2S/c1-4-17-12(3)14-6-5-13(9-15(14)16)18-7-8-19-11(2)10-18/h5-6,9,11-12,17H,4,7-8,10H2,1-3H3. The van der Waals surface area contributed by atoms with Crippen molar-refractivity contribution in [3.8, 4) is 0 Å². The Labute approximate surface area is 129 Å². The van der Waals surface area contributed by atoms with Gasteiger partial charge in [-0.1, -0.05) is 35.8 Å². The van der Waals surface area contributed by atoms with E-state index >= 15 is 0 Å². The Morgan fingerprint density at radius 2 is 2.32 bits per heavy atom. The molecular weight excluding hydrogens is 320 g/mol. The van der Waals surface area contributed by atoms with Gasteiger partial charge >= 0.3 is 0 Å². The van der Waals surface area contributed by atoms with Gasteiger partial charge in [-0.05, 0) is 31.2 Å². The first kappa shape index (κ1) is 15.2. The molecule has 0 amide bonds. The van der Waals surface area contributed by atoms with Gasteiger partial charge in [-0.3, -0.25) is 0 Å². The molecule has 1 aromatic carbocycles. The predicted molar refractivity (Wildman–Crippen MR) is 90.4 cm³/mol. The van der Waals surface area contributed by atoms with Crippen molar-refractivity contribution >= 4 is 33.4 Å². The zero-order valence-electron chi connectivity index (χ0n) is 11.9. The van der Waals surface area contributed by atoms with E-state index < -0.39 is 0 Å². The third kappa shape index (κ3) is 3.89. The minimum absolute atomic E-state index is 0.393. The lowest BCUT2D eigenvalue weighted by Gasteiger charge is -2.33. The third-order valence-electron chi connectivity index (χ3n) is 3.57. The highest BCUT2D eigenvalue weighted by Crippen LogP contribution is 2.30. The summed E-state index contributed by atoms with van der Waals surface area (Å²) in [6, 6.07) is 7.17. The van der Waals surface area contributed by atoms with Crippen molar-refractivity contribution in [3.63, 3.8) is 0 Å². The second kappa shape index (κ2) is 7.00. The van der Waals surface area contributed by atoms with Crippen molar-refractivity contribution in [2.24, 2.45) is 0 Å². The van der Waals surface area contributed by atoms with Crippen molar-refractivity contribution in [2.75, 3.05) is 30.3 Å². The number of nitrogens with zero attached hydrogens (tertiary/aromatic N) is 1. The molecule has 1 aliphatic heterocycles. The van der Waals surface area contributed by atoms with Crippen LogP contribution in [-0.2, 0) is 0 Å². The molecule has 0 radical (unpaired) electrons. The van der Waals surface area contributed by atoms with E-state index in [0.29, 0.717) is 6.04 Å². The van der Waals surface area contributed by atoms with E-state index in [1.54, 1.807) is 0 Å². The van der Waals surface area contributed by atoms with Gasteiger partial charge in [0, 0.05) is 40.3 Å². The van der Waals surface area contributed by atoms with Crippen LogP contribution in [0.5, 0.6) is 0 Å². The number of halogens is 1. The molecule has 19 heavy (non-hydrogen) atoms. The topological polar surface area (TPSA) is 15.3 Å². The number of rotatable bonds is 4. The van der Waals surface area contributed by atoms with Gasteiger partial charge in [0.25, 0.3) is 0 Å². The van der Waals surface area contributed by atoms with Crippen molar-refractivity contribution < 1.29 is 0 Å². The molecule has 2 unspecified atom stereocenters. The summed E-state index contributed by atoms with van der Waals surface area (Å²) in [6.07, 6.45) is 0. The first-order valence-electron chi connectivity index (χ1n) is 7.01. The van der Waals surface area contributed by atoms with E-state index in [1.807, 2.05) is 0 Å². The molecule has 0 saturated carbocycles. The van der Waals surface area contributed by atoms with Crippen LogP contribution in [0.25, 0.3) is 0 Å². The maximum atomic E-state index is 3.73. The lowest BCUT2D eigenvalue weighted by atomic mass is 10.1. The van der Waals surface area contributed by atoms with E-state index in [1.165, 1.54) is 21.5 Å². The molecule has 1 saturated heterocycles. The van der Waals surface area contributed by atoms with Gasteiger partial charge in [-0.15, -0.1) is 0 Å². The average Bonchev–Trinajstić information content (AvgIpc) is 2.38. The molecule has 106 valence electrons. The van der Waals surface area contributed by atoms with Crippen LogP contribution < -0.4 is 10.2 Å². The molecule has 0 spiro atoms. The van der Waals surface area contributed by atoms with Gasteiger partial charge in [0.15, 0.2) is 0 Å². The molecule has 0 aliphatic carbocycles. The molecule has 4 heteroatoms. The summed E-state index contributed by atoms with van der Waals surface area (Å²) in [6.45, 7) is 9.97. The molecule has 1 fully saturated rings. The van der Waals surface area contributed by atoms with Crippen LogP contribution in [0, 0.1) is 0 Å². The molecule has 1 N–H and O–H groups in total. The smallest absolute Gasteiger partial charge is 0.0378 e. The second-order valence-electron chi connectivity index (χ2n) is 5.11. The zero-order chi connectivity index (χ0) is 13.8. The summed E-state index contributed by atoms with van der Waals surface area (Å²) < 4.78 is 1.21. The van der Waals surface area contributed by atoms with Gasteiger partial charge in [0.2, 0.25) is 0 Å². The molecule has 1 heterocycles. The van der Waals surface area contributed by atoms with E-state index in [0.717, 1.165) is 24.9 Å². The summed E-state index contributed by atoms with van der Waals surface area (Å²) in [5.41, 5.74) is 2.68. The van der Waals surface area contributed by atoms with E-state index in [2.05, 4.69) is 76.9 Å². The Hall–Kier alpha value is -0.190. The first-order chi connectivity index (χ1) is 9.11. The van der Waals surface area contributed by atoms with Crippen LogP contribution in [0.4, 0.5) is 5.69 Å². The minimum Gasteiger partial charge on any atom is -0.370 e. The fraction of sp³-hybridized carbons (Fsp3) is 0.600. The minimum atomic E-state index is 0.393. The number of anilines is 1. The fourth-order valence-corrected chi connectivity index (χ4v) is 4.26. The van der Waals surface area contributed by atoms with Crippen LogP contribution in [0.2, 0.25) is 0 Å². The van der Waals surface area contributed by atoms with Crippen molar-refractivity contribution in [3.05, 3.63) is 28.2 Å². The highest BCUT2D eigenvalue weighted by atomic mass is 79.9. The molecule has 0 aromatic heterocycles. The van der Waals surface area contributed by atoms with Crippen molar-refractivity contribution in [1.29, 1.82) is 0 Å². The SMILES string of the molecule is CCNC(C)c1ccc(N2CCSC(C)C2)cc1Br. The molecule has 1 aliphatic rings. The summed E-state index contributed by atoms with van der Waals surface area (Å²) >= 11 is 5.80. The lowest BCUT2D eigenvalue weighted by molar-refractivity contribution is 0.596. The summed E-state index contributed by atoms with van der Waals surface area (Å²) in [5, 5.41) is 4.19. The average molecular weight is 343 g/mol. The van der Waals surface area contributed by atoms with Crippen LogP contribution in [0.15, 0.2) is 22.7 Å². The molecule has 0 bridgehead atoms. The van der Waals surface area contributed by atoms with Crippen LogP contribution in [0.1, 0.15) is 32.4 Å². The lowest BCUT2D eigenvalue weighted by Crippen LogP contribution is -2.36. The second-order valence-corrected chi connectivity index (χ2v) is 7.51. The van der Waals surface area contributed by atoms with Crippen LogP contribution in [0.3, 0.4) is 0 Å². The Morgan fingerprint density at radius 1 is 1.53 bits per heavy atom. The fourth-order valence-electron chi connectivity index (χ4n) is 2.53. The number of benzene rings is 1. The van der Waals surface area contributed by atoms with E-state index in [9.17, 15) is 0 Å². The maximum absolute atomic E-state index is 3.73. The predicted octanol–water partition coefficient (Wildman–Crippen LogP) is 4.06. The van der Waals surface area contributed by atoms with Gasteiger partial charge in [-0.2, -0.15) is 11.8 Å². The number of thioether (sulfide) groups is 1. The maximum Gasteiger partial charge on any atom is 0.0378 e. The van der Waals surface area contributed by atoms with Crippen molar-refractivity contribution in [2.45, 2.75) is 32.1 Å². The first-order valence-corrected chi connectivity index (χ1v) is 8.85. The van der Waals surface area contributed by atoms with Crippen molar-refractivity contribution in [1.82, 2.24) is 5.32 Å². The molecule has 1 aromatic rings. The number of hydrogen-bond acceptors (Lipinski definition) is 3. The Kier molecular flexibility index (Phi) is 5.60. The molecule has 2 atom stereocenters. The van der Waals surface area contributed by atoms with Gasteiger partial charge in [0.05, 0.1) is 0 Å². The Balaban J connectivity index is 2.14. The van der Waals surface area contributed by atoms with E-state index in [-0.39, 0.29) is 0 Å².